The highest BCUT2D eigenvalue weighted by molar-refractivity contribution is 6.03. The smallest absolute Gasteiger partial charge is 0.132 e. The van der Waals surface area contributed by atoms with Crippen molar-refractivity contribution in [3.05, 3.63) is 228 Å². The van der Waals surface area contributed by atoms with E-state index in [9.17, 15) is 0 Å². The molecule has 1 aliphatic carbocycles. The summed E-state index contributed by atoms with van der Waals surface area (Å²) < 4.78 is 6.74. The molecule has 0 bridgehead atoms. The summed E-state index contributed by atoms with van der Waals surface area (Å²) in [7, 11) is 0. The largest absolute Gasteiger partial charge is 0.457 e. The van der Waals surface area contributed by atoms with E-state index < -0.39 is 5.41 Å². The highest BCUT2D eigenvalue weighted by Gasteiger charge is 2.50. The molecule has 9 rings (SSSR count). The first kappa shape index (κ1) is 30.5. The Balaban J connectivity index is 1.09. The lowest BCUT2D eigenvalue weighted by Crippen LogP contribution is -2.32. The average Bonchev–Trinajstić information content (AvgIpc) is 3.49. The number of fused-ring (bicyclic) bond motifs is 9. The Morgan fingerprint density at radius 3 is 1.71 bits per heavy atom. The van der Waals surface area contributed by atoms with Crippen molar-refractivity contribution in [2.24, 2.45) is 4.99 Å². The molecular weight excluding hydrogens is 619 g/mol. The van der Waals surface area contributed by atoms with Crippen molar-refractivity contribution < 1.29 is 4.74 Å². The van der Waals surface area contributed by atoms with Gasteiger partial charge in [0.1, 0.15) is 11.5 Å². The van der Waals surface area contributed by atoms with Crippen LogP contribution in [0.25, 0.3) is 33.5 Å². The van der Waals surface area contributed by atoms with Gasteiger partial charge in [0.05, 0.1) is 11.1 Å². The first-order chi connectivity index (χ1) is 25.1. The number of aliphatic imine (C=N–C) groups is 1. The second-order valence-corrected chi connectivity index (χ2v) is 13.2. The van der Waals surface area contributed by atoms with Gasteiger partial charge in [-0.2, -0.15) is 0 Å². The summed E-state index contributed by atoms with van der Waals surface area (Å²) in [5.74, 6) is 1.78. The van der Waals surface area contributed by atoms with Crippen molar-refractivity contribution in [1.82, 2.24) is 0 Å². The predicted octanol–water partition coefficient (Wildman–Crippen LogP) is 12.4. The third-order valence-electron chi connectivity index (χ3n) is 10.3. The number of rotatable bonds is 6. The van der Waals surface area contributed by atoms with Crippen LogP contribution < -0.4 is 4.74 Å². The lowest BCUT2D eigenvalue weighted by Gasteiger charge is -2.39. The Bertz CT molecular complexity index is 2460. The Kier molecular flexibility index (Phi) is 7.44. The zero-order chi connectivity index (χ0) is 34.4. The number of hydrogen-bond donors (Lipinski definition) is 0. The molecule has 51 heavy (non-hydrogen) atoms. The summed E-state index contributed by atoms with van der Waals surface area (Å²) in [5, 5.41) is 0. The minimum atomic E-state index is -0.455. The fourth-order valence-corrected chi connectivity index (χ4v) is 7.88. The molecule has 0 aromatic heterocycles. The fraction of sp³-hybridized carbons (Fsp3) is 0.0408. The Morgan fingerprint density at radius 2 is 1.04 bits per heavy atom. The van der Waals surface area contributed by atoms with Gasteiger partial charge in [0.15, 0.2) is 0 Å². The summed E-state index contributed by atoms with van der Waals surface area (Å²) in [6.45, 7) is 6.42. The van der Waals surface area contributed by atoms with E-state index in [0.717, 1.165) is 56.3 Å². The molecule has 2 nitrogen and oxygen atoms in total. The minimum Gasteiger partial charge on any atom is -0.457 e. The van der Waals surface area contributed by atoms with Crippen LogP contribution in [-0.2, 0) is 5.41 Å². The molecule has 2 aliphatic rings. The van der Waals surface area contributed by atoms with Crippen LogP contribution in [0, 0.1) is 0 Å². The van der Waals surface area contributed by atoms with Gasteiger partial charge in [-0.05, 0) is 75.2 Å². The lowest BCUT2D eigenvalue weighted by atomic mass is 9.66. The number of ether oxygens (including phenoxy) is 1. The number of allylic oxidation sites excluding steroid dienone is 2. The summed E-state index contributed by atoms with van der Waals surface area (Å²) >= 11 is 0. The molecule has 0 atom stereocenters. The van der Waals surface area contributed by atoms with Gasteiger partial charge in [0.25, 0.3) is 0 Å². The van der Waals surface area contributed by atoms with Crippen LogP contribution in [0.15, 0.2) is 194 Å². The van der Waals surface area contributed by atoms with E-state index in [1.165, 1.54) is 33.4 Å². The molecule has 0 unspecified atom stereocenters. The Labute approximate surface area is 299 Å². The summed E-state index contributed by atoms with van der Waals surface area (Å²) in [5.41, 5.74) is 15.2. The topological polar surface area (TPSA) is 21.6 Å². The molecule has 242 valence electrons. The Morgan fingerprint density at radius 1 is 0.510 bits per heavy atom. The maximum atomic E-state index is 6.74. The molecule has 0 fully saturated rings. The quantitative estimate of drug-likeness (QED) is 0.129. The van der Waals surface area contributed by atoms with E-state index in [2.05, 4.69) is 159 Å². The maximum Gasteiger partial charge on any atom is 0.132 e. The SMILES string of the molecule is C=C(/C=C(\N=C(C)c1ccc(-c2ccc3c(c2)Oc2ccccc2C32c3ccccc3-c3ccccc32)cc1)c1ccccc1)c1ccccc1. The minimum absolute atomic E-state index is 0.455. The number of nitrogens with zero attached hydrogens (tertiary/aromatic N) is 1. The Hall–Kier alpha value is -6.51. The van der Waals surface area contributed by atoms with Crippen LogP contribution in [0.5, 0.6) is 11.5 Å². The molecule has 0 amide bonds. The van der Waals surface area contributed by atoms with E-state index in [0.29, 0.717) is 0 Å². The lowest BCUT2D eigenvalue weighted by molar-refractivity contribution is 0.436. The second-order valence-electron chi connectivity index (χ2n) is 13.2. The van der Waals surface area contributed by atoms with Crippen molar-refractivity contribution in [3.63, 3.8) is 0 Å². The van der Waals surface area contributed by atoms with Crippen LogP contribution in [0.4, 0.5) is 0 Å². The summed E-state index contributed by atoms with van der Waals surface area (Å²) in [6.07, 6.45) is 2.07. The van der Waals surface area contributed by atoms with Gasteiger partial charge in [-0.1, -0.05) is 170 Å². The standard InChI is InChI=1S/C49H35NO/c1-33(35-15-5-3-6-16-35)31-46(38-17-7-4-8-18-38)50-34(2)36-25-27-37(28-26-36)39-29-30-45-48(32-39)51-47-24-14-13-23-44(47)49(45)42-21-11-9-19-40(42)41-20-10-12-22-43(41)49/h3-32H,1H2,2H3/b46-31-,50-34?. The van der Waals surface area contributed by atoms with Gasteiger partial charge >= 0.3 is 0 Å². The third kappa shape index (κ3) is 5.07. The monoisotopic (exact) mass is 653 g/mol. The van der Waals surface area contributed by atoms with E-state index in [1.54, 1.807) is 0 Å². The van der Waals surface area contributed by atoms with E-state index in [1.807, 2.05) is 36.4 Å². The van der Waals surface area contributed by atoms with Crippen LogP contribution in [0.2, 0.25) is 0 Å². The first-order valence-corrected chi connectivity index (χ1v) is 17.4. The molecular formula is C49H35NO. The van der Waals surface area contributed by atoms with Crippen LogP contribution in [-0.4, -0.2) is 5.71 Å². The van der Waals surface area contributed by atoms with Gasteiger partial charge in [-0.25, -0.2) is 0 Å². The second kappa shape index (κ2) is 12.4. The third-order valence-corrected chi connectivity index (χ3v) is 10.3. The van der Waals surface area contributed by atoms with E-state index >= 15 is 0 Å². The summed E-state index contributed by atoms with van der Waals surface area (Å²) in [6, 6.07) is 62.1. The van der Waals surface area contributed by atoms with Crippen molar-refractivity contribution in [2.75, 3.05) is 0 Å². The van der Waals surface area contributed by atoms with Gasteiger partial charge in [0, 0.05) is 22.4 Å². The normalized spacial score (nSPS) is 13.8. The summed E-state index contributed by atoms with van der Waals surface area (Å²) in [4.78, 5) is 5.14. The average molecular weight is 654 g/mol. The van der Waals surface area contributed by atoms with E-state index in [-0.39, 0.29) is 0 Å². The predicted molar refractivity (Wildman–Crippen MR) is 211 cm³/mol. The van der Waals surface area contributed by atoms with Gasteiger partial charge in [0.2, 0.25) is 0 Å². The fourth-order valence-electron chi connectivity index (χ4n) is 7.88. The van der Waals surface area contributed by atoms with Crippen LogP contribution in [0.1, 0.15) is 45.9 Å². The molecule has 1 aliphatic heterocycles. The number of benzene rings is 7. The molecule has 2 heteroatoms. The first-order valence-electron chi connectivity index (χ1n) is 17.4. The molecule has 1 spiro atoms. The zero-order valence-corrected chi connectivity index (χ0v) is 28.4. The highest BCUT2D eigenvalue weighted by atomic mass is 16.5. The van der Waals surface area contributed by atoms with Gasteiger partial charge < -0.3 is 4.74 Å². The van der Waals surface area contributed by atoms with Gasteiger partial charge in [-0.15, -0.1) is 0 Å². The van der Waals surface area contributed by atoms with Crippen molar-refractivity contribution in [1.29, 1.82) is 0 Å². The van der Waals surface area contributed by atoms with E-state index in [4.69, 9.17) is 9.73 Å². The number of para-hydroxylation sites is 1. The van der Waals surface area contributed by atoms with Crippen molar-refractivity contribution in [2.45, 2.75) is 12.3 Å². The molecule has 0 saturated carbocycles. The van der Waals surface area contributed by atoms with Crippen LogP contribution in [0.3, 0.4) is 0 Å². The number of hydrogen-bond acceptors (Lipinski definition) is 2. The molecule has 7 aromatic rings. The molecule has 0 N–H and O–H groups in total. The maximum absolute atomic E-state index is 6.74. The molecule has 7 aromatic carbocycles. The molecule has 0 radical (unpaired) electrons. The van der Waals surface area contributed by atoms with Gasteiger partial charge in [-0.3, -0.25) is 4.99 Å². The van der Waals surface area contributed by atoms with Crippen LogP contribution >= 0.6 is 0 Å². The molecule has 1 heterocycles. The molecule has 0 saturated heterocycles. The van der Waals surface area contributed by atoms with Crippen molar-refractivity contribution >= 4 is 17.0 Å². The zero-order valence-electron chi connectivity index (χ0n) is 28.4. The highest BCUT2D eigenvalue weighted by Crippen LogP contribution is 2.62. The van der Waals surface area contributed by atoms with Crippen molar-refractivity contribution in [3.8, 4) is 33.8 Å².